The van der Waals surface area contributed by atoms with Crippen molar-refractivity contribution in [2.75, 3.05) is 12.3 Å². The monoisotopic (exact) mass is 355 g/mol. The second kappa shape index (κ2) is 7.19. The third kappa shape index (κ3) is 4.24. The van der Waals surface area contributed by atoms with Gasteiger partial charge in [0.2, 0.25) is 5.95 Å². The summed E-state index contributed by atoms with van der Waals surface area (Å²) >= 11 is 5.91. The normalized spacial score (nSPS) is 10.4. The average Bonchev–Trinajstić information content (AvgIpc) is 2.60. The van der Waals surface area contributed by atoms with Crippen molar-refractivity contribution in [3.05, 3.63) is 59.6 Å². The summed E-state index contributed by atoms with van der Waals surface area (Å²) in [6.07, 6.45) is 0. The van der Waals surface area contributed by atoms with Gasteiger partial charge in [-0.25, -0.2) is 14.8 Å². The highest BCUT2D eigenvalue weighted by atomic mass is 35.5. The van der Waals surface area contributed by atoms with Crippen LogP contribution in [0.5, 0.6) is 5.75 Å². The summed E-state index contributed by atoms with van der Waals surface area (Å²) in [5.74, 6) is -0.403. The molecule has 0 saturated carbocycles. The van der Waals surface area contributed by atoms with Gasteiger partial charge in [0.1, 0.15) is 5.75 Å². The fraction of sp³-hybridized carbons (Fsp3) is 0.0556. The molecule has 3 N–H and O–H groups in total. The van der Waals surface area contributed by atoms with E-state index in [9.17, 15) is 4.79 Å². The van der Waals surface area contributed by atoms with Gasteiger partial charge >= 0.3 is 5.97 Å². The van der Waals surface area contributed by atoms with E-state index in [2.05, 4.69) is 9.97 Å². The van der Waals surface area contributed by atoms with Crippen LogP contribution >= 0.6 is 11.6 Å². The standard InChI is InChI=1S/C18H14ClN3O3/c19-13-5-1-11(2-6-13)15-9-16(22-18(20)21-15)12-3-7-14(8-4-12)25-10-17(23)24/h1-9H,10H2,(H,23,24)(H2,20,21,22). The Morgan fingerprint density at radius 3 is 2.04 bits per heavy atom. The number of aliphatic carboxylic acids is 1. The highest BCUT2D eigenvalue weighted by Gasteiger charge is 2.08. The number of aromatic nitrogens is 2. The Morgan fingerprint density at radius 1 is 1.00 bits per heavy atom. The van der Waals surface area contributed by atoms with Gasteiger partial charge in [-0.05, 0) is 42.5 Å². The van der Waals surface area contributed by atoms with E-state index in [-0.39, 0.29) is 12.6 Å². The Morgan fingerprint density at radius 2 is 1.52 bits per heavy atom. The third-order valence-corrected chi connectivity index (χ3v) is 3.65. The largest absolute Gasteiger partial charge is 0.482 e. The number of benzene rings is 2. The number of ether oxygens (including phenoxy) is 1. The highest BCUT2D eigenvalue weighted by molar-refractivity contribution is 6.30. The van der Waals surface area contributed by atoms with Gasteiger partial charge in [-0.2, -0.15) is 0 Å². The molecule has 0 aliphatic heterocycles. The van der Waals surface area contributed by atoms with Crippen LogP contribution in [0.2, 0.25) is 5.02 Å². The molecule has 0 unspecified atom stereocenters. The molecule has 1 aromatic heterocycles. The molecule has 2 aromatic carbocycles. The van der Waals surface area contributed by atoms with Gasteiger partial charge in [0.05, 0.1) is 11.4 Å². The number of carboxylic acids is 1. The van der Waals surface area contributed by atoms with E-state index in [1.807, 2.05) is 18.2 Å². The summed E-state index contributed by atoms with van der Waals surface area (Å²) in [7, 11) is 0. The lowest BCUT2D eigenvalue weighted by Gasteiger charge is -2.08. The van der Waals surface area contributed by atoms with Crippen LogP contribution in [-0.2, 0) is 4.79 Å². The predicted octanol–water partition coefficient (Wildman–Crippen LogP) is 3.51. The SMILES string of the molecule is Nc1nc(-c2ccc(Cl)cc2)cc(-c2ccc(OCC(=O)O)cc2)n1. The van der Waals surface area contributed by atoms with E-state index in [1.165, 1.54) is 0 Å². The zero-order valence-corrected chi connectivity index (χ0v) is 13.8. The van der Waals surface area contributed by atoms with Crippen molar-refractivity contribution < 1.29 is 14.6 Å². The Labute approximate surface area is 148 Å². The fourth-order valence-electron chi connectivity index (χ4n) is 2.25. The fourth-order valence-corrected chi connectivity index (χ4v) is 2.38. The third-order valence-electron chi connectivity index (χ3n) is 3.40. The first-order valence-electron chi connectivity index (χ1n) is 7.37. The molecule has 0 bridgehead atoms. The summed E-state index contributed by atoms with van der Waals surface area (Å²) in [6.45, 7) is -0.388. The van der Waals surface area contributed by atoms with Crippen molar-refractivity contribution in [3.8, 4) is 28.3 Å². The van der Waals surface area contributed by atoms with Crippen LogP contribution in [0.1, 0.15) is 0 Å². The minimum atomic E-state index is -1.03. The summed E-state index contributed by atoms with van der Waals surface area (Å²) < 4.78 is 5.12. The maximum absolute atomic E-state index is 10.5. The first-order chi connectivity index (χ1) is 12.0. The van der Waals surface area contributed by atoms with Gasteiger partial charge < -0.3 is 15.6 Å². The van der Waals surface area contributed by atoms with Crippen LogP contribution in [0.4, 0.5) is 5.95 Å². The minimum Gasteiger partial charge on any atom is -0.482 e. The van der Waals surface area contributed by atoms with E-state index in [0.29, 0.717) is 22.2 Å². The number of nitrogens with two attached hydrogens (primary N) is 1. The van der Waals surface area contributed by atoms with Gasteiger partial charge in [0, 0.05) is 16.1 Å². The zero-order chi connectivity index (χ0) is 17.8. The molecular weight excluding hydrogens is 342 g/mol. The molecule has 0 fully saturated rings. The van der Waals surface area contributed by atoms with E-state index in [1.54, 1.807) is 36.4 Å². The van der Waals surface area contributed by atoms with Crippen molar-refractivity contribution >= 4 is 23.5 Å². The summed E-state index contributed by atoms with van der Waals surface area (Å²) in [5.41, 5.74) is 8.87. The lowest BCUT2D eigenvalue weighted by Crippen LogP contribution is -2.09. The van der Waals surface area contributed by atoms with Crippen LogP contribution < -0.4 is 10.5 Å². The van der Waals surface area contributed by atoms with E-state index >= 15 is 0 Å². The first kappa shape index (κ1) is 16.7. The van der Waals surface area contributed by atoms with Crippen LogP contribution in [0, 0.1) is 0 Å². The second-order valence-electron chi connectivity index (χ2n) is 5.21. The van der Waals surface area contributed by atoms with Gasteiger partial charge in [-0.15, -0.1) is 0 Å². The molecule has 3 aromatic rings. The Kier molecular flexibility index (Phi) is 4.81. The maximum Gasteiger partial charge on any atom is 0.341 e. The molecule has 0 amide bonds. The molecule has 1 heterocycles. The minimum absolute atomic E-state index is 0.161. The number of anilines is 1. The quantitative estimate of drug-likeness (QED) is 0.726. The number of hydrogen-bond donors (Lipinski definition) is 2. The smallest absolute Gasteiger partial charge is 0.341 e. The van der Waals surface area contributed by atoms with E-state index in [4.69, 9.17) is 27.2 Å². The lowest BCUT2D eigenvalue weighted by atomic mass is 10.1. The summed E-state index contributed by atoms with van der Waals surface area (Å²) in [6, 6.07) is 16.0. The van der Waals surface area contributed by atoms with Crippen molar-refractivity contribution in [2.24, 2.45) is 0 Å². The highest BCUT2D eigenvalue weighted by Crippen LogP contribution is 2.26. The molecule has 126 valence electrons. The second-order valence-corrected chi connectivity index (χ2v) is 5.65. The van der Waals surface area contributed by atoms with Gasteiger partial charge in [0.15, 0.2) is 6.61 Å². The predicted molar refractivity (Wildman–Crippen MR) is 95.5 cm³/mol. The van der Waals surface area contributed by atoms with Crippen LogP contribution in [0.3, 0.4) is 0 Å². The number of nitrogen functional groups attached to an aromatic ring is 1. The van der Waals surface area contributed by atoms with Crippen molar-refractivity contribution in [3.63, 3.8) is 0 Å². The first-order valence-corrected chi connectivity index (χ1v) is 7.74. The van der Waals surface area contributed by atoms with E-state index in [0.717, 1.165) is 11.1 Å². The summed E-state index contributed by atoms with van der Waals surface area (Å²) in [4.78, 5) is 19.0. The van der Waals surface area contributed by atoms with Crippen LogP contribution in [0.25, 0.3) is 22.5 Å². The molecule has 0 saturated heterocycles. The maximum atomic E-state index is 10.5. The number of halogens is 1. The molecule has 0 spiro atoms. The van der Waals surface area contributed by atoms with Crippen LogP contribution in [-0.4, -0.2) is 27.7 Å². The zero-order valence-electron chi connectivity index (χ0n) is 13.0. The molecule has 3 rings (SSSR count). The Bertz CT molecular complexity index is 896. The van der Waals surface area contributed by atoms with Crippen molar-refractivity contribution in [1.82, 2.24) is 9.97 Å². The average molecular weight is 356 g/mol. The molecule has 0 aliphatic carbocycles. The van der Waals surface area contributed by atoms with Crippen molar-refractivity contribution in [1.29, 1.82) is 0 Å². The number of carboxylic acid groups (broad SMARTS) is 1. The molecule has 25 heavy (non-hydrogen) atoms. The number of nitrogens with zero attached hydrogens (tertiary/aromatic N) is 2. The number of hydrogen-bond acceptors (Lipinski definition) is 5. The molecule has 0 atom stereocenters. The van der Waals surface area contributed by atoms with Crippen LogP contribution in [0.15, 0.2) is 54.6 Å². The number of rotatable bonds is 5. The molecule has 7 heteroatoms. The topological polar surface area (TPSA) is 98.3 Å². The Balaban J connectivity index is 1.89. The molecule has 6 nitrogen and oxygen atoms in total. The number of carbonyl (C=O) groups is 1. The summed E-state index contributed by atoms with van der Waals surface area (Å²) in [5, 5.41) is 9.27. The molecule has 0 radical (unpaired) electrons. The van der Waals surface area contributed by atoms with Gasteiger partial charge in [-0.1, -0.05) is 23.7 Å². The van der Waals surface area contributed by atoms with E-state index < -0.39 is 5.97 Å². The lowest BCUT2D eigenvalue weighted by molar-refractivity contribution is -0.139. The van der Waals surface area contributed by atoms with Gasteiger partial charge in [0.25, 0.3) is 0 Å². The Hall–Kier alpha value is -3.12. The van der Waals surface area contributed by atoms with Gasteiger partial charge in [-0.3, -0.25) is 0 Å². The van der Waals surface area contributed by atoms with Crippen molar-refractivity contribution in [2.45, 2.75) is 0 Å². The molecular formula is C18H14ClN3O3. The molecule has 0 aliphatic rings.